The smallest absolute Gasteiger partial charge is 0.341 e. The second kappa shape index (κ2) is 7.23. The van der Waals surface area contributed by atoms with Gasteiger partial charge in [-0.05, 0) is 28.9 Å². The molecule has 0 fully saturated rings. The number of halogens is 1. The minimum absolute atomic E-state index is 0.199. The standard InChI is InChI=1S/C12H16BrNO4/c1-3-17-4-5-18-12(15)11-9(13)6-8(16-2)7-10(11)14/h6-7H,3-5,14H2,1-2H3. The third kappa shape index (κ3) is 3.89. The van der Waals surface area contributed by atoms with Crippen LogP contribution in [0.25, 0.3) is 0 Å². The Balaban J connectivity index is 2.73. The number of ether oxygens (including phenoxy) is 3. The second-order valence-corrected chi connectivity index (χ2v) is 4.26. The molecule has 1 aromatic rings. The summed E-state index contributed by atoms with van der Waals surface area (Å²) in [5.41, 5.74) is 6.39. The van der Waals surface area contributed by atoms with Crippen molar-refractivity contribution in [1.82, 2.24) is 0 Å². The monoisotopic (exact) mass is 317 g/mol. The van der Waals surface area contributed by atoms with Gasteiger partial charge in [0.1, 0.15) is 12.4 Å². The zero-order valence-electron chi connectivity index (χ0n) is 10.4. The number of rotatable bonds is 6. The predicted molar refractivity (Wildman–Crippen MR) is 71.9 cm³/mol. The number of hydrogen-bond donors (Lipinski definition) is 1. The van der Waals surface area contributed by atoms with Gasteiger partial charge in [-0.2, -0.15) is 0 Å². The maximum absolute atomic E-state index is 11.8. The summed E-state index contributed by atoms with van der Waals surface area (Å²) < 4.78 is 15.7. The summed E-state index contributed by atoms with van der Waals surface area (Å²) in [6.07, 6.45) is 0. The molecule has 0 saturated heterocycles. The quantitative estimate of drug-likeness (QED) is 0.495. The zero-order valence-corrected chi connectivity index (χ0v) is 12.0. The molecule has 0 bridgehead atoms. The maximum Gasteiger partial charge on any atom is 0.341 e. The number of methoxy groups -OCH3 is 1. The third-order valence-electron chi connectivity index (χ3n) is 2.20. The van der Waals surface area contributed by atoms with Crippen LogP contribution in [0.3, 0.4) is 0 Å². The van der Waals surface area contributed by atoms with Gasteiger partial charge < -0.3 is 19.9 Å². The van der Waals surface area contributed by atoms with E-state index in [9.17, 15) is 4.79 Å². The van der Waals surface area contributed by atoms with E-state index < -0.39 is 5.97 Å². The minimum Gasteiger partial charge on any atom is -0.497 e. The van der Waals surface area contributed by atoms with Gasteiger partial charge in [-0.15, -0.1) is 0 Å². The summed E-state index contributed by atoms with van der Waals surface area (Å²) in [6, 6.07) is 3.24. The zero-order chi connectivity index (χ0) is 13.5. The molecule has 0 aromatic heterocycles. The van der Waals surface area contributed by atoms with Crippen LogP contribution < -0.4 is 10.5 Å². The Hall–Kier alpha value is -1.27. The van der Waals surface area contributed by atoms with Crippen LogP contribution in [0.5, 0.6) is 5.75 Å². The average molecular weight is 318 g/mol. The van der Waals surface area contributed by atoms with Gasteiger partial charge in [-0.1, -0.05) is 0 Å². The van der Waals surface area contributed by atoms with Crippen LogP contribution in [-0.2, 0) is 9.47 Å². The van der Waals surface area contributed by atoms with Gasteiger partial charge in [0.25, 0.3) is 0 Å². The minimum atomic E-state index is -0.485. The first-order valence-corrected chi connectivity index (χ1v) is 6.27. The molecule has 1 aromatic carbocycles. The SMILES string of the molecule is CCOCCOC(=O)c1c(N)cc(OC)cc1Br. The molecule has 0 atom stereocenters. The summed E-state index contributed by atoms with van der Waals surface area (Å²) in [7, 11) is 1.53. The van der Waals surface area contributed by atoms with E-state index in [1.165, 1.54) is 7.11 Å². The van der Waals surface area contributed by atoms with Crippen molar-refractivity contribution in [3.8, 4) is 5.75 Å². The molecule has 1 rings (SSSR count). The van der Waals surface area contributed by atoms with Crippen molar-refractivity contribution in [2.45, 2.75) is 6.92 Å². The number of carbonyl (C=O) groups is 1. The Kier molecular flexibility index (Phi) is 5.94. The van der Waals surface area contributed by atoms with Crippen molar-refractivity contribution in [3.63, 3.8) is 0 Å². The second-order valence-electron chi connectivity index (χ2n) is 3.41. The van der Waals surface area contributed by atoms with Crippen LogP contribution in [0.1, 0.15) is 17.3 Å². The number of nitrogens with two attached hydrogens (primary N) is 1. The van der Waals surface area contributed by atoms with E-state index in [1.54, 1.807) is 12.1 Å². The molecule has 0 radical (unpaired) electrons. The topological polar surface area (TPSA) is 70.8 Å². The fraction of sp³-hybridized carbons (Fsp3) is 0.417. The molecule has 0 aliphatic rings. The van der Waals surface area contributed by atoms with E-state index in [2.05, 4.69) is 15.9 Å². The Morgan fingerprint density at radius 2 is 2.11 bits per heavy atom. The number of esters is 1. The van der Waals surface area contributed by atoms with E-state index >= 15 is 0 Å². The molecule has 0 unspecified atom stereocenters. The fourth-order valence-corrected chi connectivity index (χ4v) is 1.96. The van der Waals surface area contributed by atoms with Gasteiger partial charge >= 0.3 is 5.97 Å². The van der Waals surface area contributed by atoms with Crippen LogP contribution in [-0.4, -0.2) is 32.9 Å². The van der Waals surface area contributed by atoms with Crippen molar-refractivity contribution < 1.29 is 19.0 Å². The lowest BCUT2D eigenvalue weighted by atomic mass is 10.2. The first kappa shape index (κ1) is 14.8. The Bertz CT molecular complexity index is 400. The van der Waals surface area contributed by atoms with Gasteiger partial charge in [-0.3, -0.25) is 0 Å². The summed E-state index contributed by atoms with van der Waals surface area (Å²) in [4.78, 5) is 11.8. The third-order valence-corrected chi connectivity index (χ3v) is 2.82. The molecular formula is C12H16BrNO4. The molecule has 0 aliphatic carbocycles. The van der Waals surface area contributed by atoms with Crippen LogP contribution >= 0.6 is 15.9 Å². The molecule has 0 heterocycles. The van der Waals surface area contributed by atoms with Crippen molar-refractivity contribution in [2.24, 2.45) is 0 Å². The summed E-state index contributed by atoms with van der Waals surface area (Å²) >= 11 is 3.27. The molecule has 6 heteroatoms. The molecule has 0 amide bonds. The average Bonchev–Trinajstić information content (AvgIpc) is 2.33. The Morgan fingerprint density at radius 3 is 2.67 bits per heavy atom. The van der Waals surface area contributed by atoms with Crippen LogP contribution in [0.4, 0.5) is 5.69 Å². The molecule has 0 spiro atoms. The van der Waals surface area contributed by atoms with Gasteiger partial charge in [-0.25, -0.2) is 4.79 Å². The van der Waals surface area contributed by atoms with Gasteiger partial charge in [0.15, 0.2) is 0 Å². The van der Waals surface area contributed by atoms with Gasteiger partial charge in [0.2, 0.25) is 0 Å². The molecule has 5 nitrogen and oxygen atoms in total. The van der Waals surface area contributed by atoms with E-state index in [-0.39, 0.29) is 6.61 Å². The fourth-order valence-electron chi connectivity index (χ4n) is 1.35. The van der Waals surface area contributed by atoms with E-state index in [4.69, 9.17) is 19.9 Å². The van der Waals surface area contributed by atoms with Crippen LogP contribution in [0, 0.1) is 0 Å². The lowest BCUT2D eigenvalue weighted by molar-refractivity contribution is 0.0335. The van der Waals surface area contributed by atoms with Crippen LogP contribution in [0.15, 0.2) is 16.6 Å². The lowest BCUT2D eigenvalue weighted by Gasteiger charge is -2.10. The first-order chi connectivity index (χ1) is 8.60. The number of nitrogen functional groups attached to an aromatic ring is 1. The Morgan fingerprint density at radius 1 is 1.39 bits per heavy atom. The largest absolute Gasteiger partial charge is 0.497 e. The Labute approximate surface area is 114 Å². The van der Waals surface area contributed by atoms with E-state index in [0.717, 1.165) is 0 Å². The van der Waals surface area contributed by atoms with Crippen molar-refractivity contribution >= 4 is 27.6 Å². The molecule has 18 heavy (non-hydrogen) atoms. The predicted octanol–water partition coefficient (Wildman–Crippen LogP) is 2.23. The molecule has 0 saturated carbocycles. The summed E-state index contributed by atoms with van der Waals surface area (Å²) in [5, 5.41) is 0. The highest BCUT2D eigenvalue weighted by Crippen LogP contribution is 2.29. The van der Waals surface area contributed by atoms with Crippen molar-refractivity contribution in [3.05, 3.63) is 22.2 Å². The number of carbonyl (C=O) groups excluding carboxylic acids is 1. The van der Waals surface area contributed by atoms with Crippen molar-refractivity contribution in [1.29, 1.82) is 0 Å². The number of hydrogen-bond acceptors (Lipinski definition) is 5. The summed E-state index contributed by atoms with van der Waals surface area (Å²) in [5.74, 6) is 0.0898. The molecule has 2 N–H and O–H groups in total. The highest BCUT2D eigenvalue weighted by Gasteiger charge is 2.16. The highest BCUT2D eigenvalue weighted by atomic mass is 79.9. The lowest BCUT2D eigenvalue weighted by Crippen LogP contribution is -2.13. The maximum atomic E-state index is 11.8. The number of anilines is 1. The summed E-state index contributed by atoms with van der Waals surface area (Å²) in [6.45, 7) is 3.03. The number of benzene rings is 1. The van der Waals surface area contributed by atoms with E-state index in [0.29, 0.717) is 34.7 Å². The molecular weight excluding hydrogens is 302 g/mol. The van der Waals surface area contributed by atoms with Crippen molar-refractivity contribution in [2.75, 3.05) is 32.7 Å². The van der Waals surface area contributed by atoms with Crippen LogP contribution in [0.2, 0.25) is 0 Å². The highest BCUT2D eigenvalue weighted by molar-refractivity contribution is 9.10. The normalized spacial score (nSPS) is 10.2. The molecule has 0 aliphatic heterocycles. The first-order valence-electron chi connectivity index (χ1n) is 5.48. The molecule has 100 valence electrons. The van der Waals surface area contributed by atoms with Gasteiger partial charge in [0.05, 0.1) is 25.0 Å². The van der Waals surface area contributed by atoms with E-state index in [1.807, 2.05) is 6.92 Å². The van der Waals surface area contributed by atoms with Gasteiger partial charge in [0, 0.05) is 17.1 Å².